The van der Waals surface area contributed by atoms with Crippen molar-refractivity contribution in [1.82, 2.24) is 4.90 Å². The lowest BCUT2D eigenvalue weighted by Crippen LogP contribution is -2.29. The largest absolute Gasteiger partial charge is 0.399 e. The lowest BCUT2D eigenvalue weighted by Gasteiger charge is -2.15. The van der Waals surface area contributed by atoms with Gasteiger partial charge in [0.1, 0.15) is 6.10 Å². The van der Waals surface area contributed by atoms with E-state index < -0.39 is 18.1 Å². The van der Waals surface area contributed by atoms with Crippen molar-refractivity contribution in [2.75, 3.05) is 12.3 Å². The SMILES string of the molecule is Nc1ccc(CN2C[C@@H](O)[C@@H](O)C2=O)cc1. The van der Waals surface area contributed by atoms with Gasteiger partial charge in [-0.15, -0.1) is 0 Å². The van der Waals surface area contributed by atoms with Crippen LogP contribution in [-0.4, -0.2) is 39.8 Å². The lowest BCUT2D eigenvalue weighted by atomic mass is 10.2. The minimum absolute atomic E-state index is 0.171. The molecule has 1 fully saturated rings. The number of nitrogens with zero attached hydrogens (tertiary/aromatic N) is 1. The third-order valence-electron chi connectivity index (χ3n) is 2.69. The van der Waals surface area contributed by atoms with Crippen LogP contribution < -0.4 is 5.73 Å². The minimum Gasteiger partial charge on any atom is -0.399 e. The highest BCUT2D eigenvalue weighted by Crippen LogP contribution is 2.16. The molecule has 0 aliphatic carbocycles. The molecule has 1 aliphatic rings. The minimum atomic E-state index is -1.28. The molecule has 1 heterocycles. The first-order valence-corrected chi connectivity index (χ1v) is 5.07. The van der Waals surface area contributed by atoms with E-state index in [1.54, 1.807) is 12.1 Å². The smallest absolute Gasteiger partial charge is 0.254 e. The second kappa shape index (κ2) is 4.11. The van der Waals surface area contributed by atoms with Crippen molar-refractivity contribution in [2.24, 2.45) is 0 Å². The second-order valence-corrected chi connectivity index (χ2v) is 3.97. The molecule has 0 saturated carbocycles. The van der Waals surface area contributed by atoms with E-state index in [9.17, 15) is 15.0 Å². The van der Waals surface area contributed by atoms with Crippen molar-refractivity contribution < 1.29 is 15.0 Å². The van der Waals surface area contributed by atoms with Gasteiger partial charge in [0.15, 0.2) is 6.10 Å². The number of aliphatic hydroxyl groups is 2. The van der Waals surface area contributed by atoms with Crippen molar-refractivity contribution in [2.45, 2.75) is 18.8 Å². The van der Waals surface area contributed by atoms with Crippen LogP contribution >= 0.6 is 0 Å². The van der Waals surface area contributed by atoms with Gasteiger partial charge in [-0.25, -0.2) is 0 Å². The lowest BCUT2D eigenvalue weighted by molar-refractivity contribution is -0.136. The van der Waals surface area contributed by atoms with E-state index >= 15 is 0 Å². The molecule has 2 rings (SSSR count). The molecule has 1 aliphatic heterocycles. The standard InChI is InChI=1S/C11H14N2O3/c12-8-3-1-7(2-4-8)5-13-6-9(14)10(15)11(13)16/h1-4,9-10,14-15H,5-6,12H2/t9-,10-/m1/s1. The summed E-state index contributed by atoms with van der Waals surface area (Å²) < 4.78 is 0. The van der Waals surface area contributed by atoms with E-state index in [2.05, 4.69) is 0 Å². The maximum atomic E-state index is 11.5. The van der Waals surface area contributed by atoms with Crippen LogP contribution in [0.5, 0.6) is 0 Å². The molecule has 1 amide bonds. The second-order valence-electron chi connectivity index (χ2n) is 3.97. The van der Waals surface area contributed by atoms with Crippen LogP contribution in [0.1, 0.15) is 5.56 Å². The normalized spacial score (nSPS) is 25.1. The molecule has 5 nitrogen and oxygen atoms in total. The van der Waals surface area contributed by atoms with Gasteiger partial charge in [0.25, 0.3) is 5.91 Å². The van der Waals surface area contributed by atoms with Gasteiger partial charge < -0.3 is 20.8 Å². The number of aliphatic hydroxyl groups excluding tert-OH is 2. The number of β-amino-alcohol motifs (C(OH)–C–C–N with tert-alkyl or cyclic N) is 1. The summed E-state index contributed by atoms with van der Waals surface area (Å²) in [5.74, 6) is -0.427. The first kappa shape index (κ1) is 10.9. The van der Waals surface area contributed by atoms with Gasteiger partial charge >= 0.3 is 0 Å². The average Bonchev–Trinajstić information content (AvgIpc) is 2.50. The molecular formula is C11H14N2O3. The van der Waals surface area contributed by atoms with Crippen molar-refractivity contribution in [3.8, 4) is 0 Å². The molecular weight excluding hydrogens is 208 g/mol. The van der Waals surface area contributed by atoms with E-state index in [0.29, 0.717) is 12.2 Å². The Labute approximate surface area is 93.1 Å². The number of benzene rings is 1. The quantitative estimate of drug-likeness (QED) is 0.579. The van der Waals surface area contributed by atoms with Crippen LogP contribution in [0.2, 0.25) is 0 Å². The molecule has 0 spiro atoms. The van der Waals surface area contributed by atoms with Gasteiger partial charge in [-0.2, -0.15) is 0 Å². The maximum Gasteiger partial charge on any atom is 0.254 e. The molecule has 1 saturated heterocycles. The maximum absolute atomic E-state index is 11.5. The molecule has 5 heteroatoms. The Bertz CT molecular complexity index is 391. The van der Waals surface area contributed by atoms with Gasteiger partial charge in [0, 0.05) is 12.2 Å². The highest BCUT2D eigenvalue weighted by Gasteiger charge is 2.37. The van der Waals surface area contributed by atoms with Crippen LogP contribution in [-0.2, 0) is 11.3 Å². The van der Waals surface area contributed by atoms with Crippen LogP contribution in [0.3, 0.4) is 0 Å². The zero-order valence-electron chi connectivity index (χ0n) is 8.71. The zero-order chi connectivity index (χ0) is 11.7. The predicted molar refractivity (Wildman–Crippen MR) is 58.3 cm³/mol. The highest BCUT2D eigenvalue weighted by molar-refractivity contribution is 5.83. The van der Waals surface area contributed by atoms with Crippen LogP contribution in [0.4, 0.5) is 5.69 Å². The number of rotatable bonds is 2. The van der Waals surface area contributed by atoms with Crippen molar-refractivity contribution in [1.29, 1.82) is 0 Å². The third-order valence-corrected chi connectivity index (χ3v) is 2.69. The van der Waals surface area contributed by atoms with E-state index in [-0.39, 0.29) is 6.54 Å². The van der Waals surface area contributed by atoms with Gasteiger partial charge in [-0.3, -0.25) is 4.79 Å². The number of hydrogen-bond donors (Lipinski definition) is 3. The van der Waals surface area contributed by atoms with E-state index in [1.165, 1.54) is 4.90 Å². The molecule has 0 radical (unpaired) electrons. The summed E-state index contributed by atoms with van der Waals surface area (Å²) in [4.78, 5) is 12.9. The number of nitrogen functional groups attached to an aromatic ring is 1. The molecule has 0 bridgehead atoms. The number of amides is 1. The number of carbonyl (C=O) groups excluding carboxylic acids is 1. The van der Waals surface area contributed by atoms with Crippen LogP contribution in [0.15, 0.2) is 24.3 Å². The number of anilines is 1. The Morgan fingerprint density at radius 2 is 1.94 bits per heavy atom. The molecule has 4 N–H and O–H groups in total. The Morgan fingerprint density at radius 1 is 1.31 bits per heavy atom. The fourth-order valence-corrected chi connectivity index (χ4v) is 1.75. The number of nitrogens with two attached hydrogens (primary N) is 1. The topological polar surface area (TPSA) is 86.8 Å². The van der Waals surface area contributed by atoms with Crippen LogP contribution in [0.25, 0.3) is 0 Å². The van der Waals surface area contributed by atoms with Gasteiger partial charge in [0.05, 0.1) is 6.54 Å². The number of likely N-dealkylation sites (tertiary alicyclic amines) is 1. The van der Waals surface area contributed by atoms with Crippen molar-refractivity contribution >= 4 is 11.6 Å². The predicted octanol–water partition coefficient (Wildman–Crippen LogP) is -0.667. The molecule has 1 aromatic rings. The van der Waals surface area contributed by atoms with Crippen molar-refractivity contribution in [3.63, 3.8) is 0 Å². The Morgan fingerprint density at radius 3 is 2.44 bits per heavy atom. The molecule has 2 atom stereocenters. The Hall–Kier alpha value is -1.59. The fourth-order valence-electron chi connectivity index (χ4n) is 1.75. The Balaban J connectivity index is 2.06. The summed E-state index contributed by atoms with van der Waals surface area (Å²) in [6, 6.07) is 7.14. The number of hydrogen-bond acceptors (Lipinski definition) is 4. The van der Waals surface area contributed by atoms with Gasteiger partial charge in [-0.05, 0) is 17.7 Å². The summed E-state index contributed by atoms with van der Waals surface area (Å²) in [7, 11) is 0. The third kappa shape index (κ3) is 2.00. The monoisotopic (exact) mass is 222 g/mol. The summed E-state index contributed by atoms with van der Waals surface area (Å²) >= 11 is 0. The first-order valence-electron chi connectivity index (χ1n) is 5.07. The van der Waals surface area contributed by atoms with E-state index in [1.807, 2.05) is 12.1 Å². The van der Waals surface area contributed by atoms with E-state index in [0.717, 1.165) is 5.56 Å². The summed E-state index contributed by atoms with van der Waals surface area (Å²) in [5, 5.41) is 18.6. The fraction of sp³-hybridized carbons (Fsp3) is 0.364. The molecule has 0 aromatic heterocycles. The van der Waals surface area contributed by atoms with Gasteiger partial charge in [-0.1, -0.05) is 12.1 Å². The summed E-state index contributed by atoms with van der Waals surface area (Å²) in [6.07, 6.45) is -2.27. The molecule has 0 unspecified atom stereocenters. The summed E-state index contributed by atoms with van der Waals surface area (Å²) in [5.41, 5.74) is 7.13. The molecule has 1 aromatic carbocycles. The van der Waals surface area contributed by atoms with Gasteiger partial charge in [0.2, 0.25) is 0 Å². The molecule has 16 heavy (non-hydrogen) atoms. The van der Waals surface area contributed by atoms with Crippen molar-refractivity contribution in [3.05, 3.63) is 29.8 Å². The highest BCUT2D eigenvalue weighted by atomic mass is 16.3. The Kier molecular flexibility index (Phi) is 2.80. The summed E-state index contributed by atoms with van der Waals surface area (Å²) in [6.45, 7) is 0.553. The first-order chi connectivity index (χ1) is 7.58. The average molecular weight is 222 g/mol. The van der Waals surface area contributed by atoms with E-state index in [4.69, 9.17) is 5.73 Å². The number of carbonyl (C=O) groups is 1. The molecule has 86 valence electrons. The zero-order valence-corrected chi connectivity index (χ0v) is 8.71. The van der Waals surface area contributed by atoms with Crippen LogP contribution in [0, 0.1) is 0 Å².